The summed E-state index contributed by atoms with van der Waals surface area (Å²) < 4.78 is 28.7. The van der Waals surface area contributed by atoms with Gasteiger partial charge >= 0.3 is 0 Å². The Morgan fingerprint density at radius 2 is 1.92 bits per heavy atom. The van der Waals surface area contributed by atoms with Gasteiger partial charge in [0.2, 0.25) is 0 Å². The number of hydrogen-bond donors (Lipinski definition) is 0. The van der Waals surface area contributed by atoms with Crippen molar-refractivity contribution in [2.75, 3.05) is 6.54 Å². The van der Waals surface area contributed by atoms with Gasteiger partial charge in [0, 0.05) is 11.4 Å². The molecule has 1 aliphatic heterocycles. The van der Waals surface area contributed by atoms with E-state index in [-0.39, 0.29) is 16.0 Å². The molecule has 0 bridgehead atoms. The van der Waals surface area contributed by atoms with E-state index < -0.39 is 10.0 Å². The lowest BCUT2D eigenvalue weighted by molar-refractivity contribution is -0.122. The molecular formula is C16H14N2O3S3. The highest BCUT2D eigenvalue weighted by Crippen LogP contribution is 2.34. The molecule has 2 aromatic rings. The fraction of sp³-hybridized carbons (Fsp3) is 0.125. The number of likely N-dealkylation sites (N-methyl/N-ethyl adjacent to an activating group) is 1. The Labute approximate surface area is 148 Å². The molecule has 1 aliphatic rings. The molecule has 0 radical (unpaired) electrons. The summed E-state index contributed by atoms with van der Waals surface area (Å²) in [5.74, 6) is -0.224. The number of rotatable bonds is 4. The highest BCUT2D eigenvalue weighted by molar-refractivity contribution is 8.19. The molecule has 1 saturated heterocycles. The average Bonchev–Trinajstić information content (AvgIpc) is 3.17. The molecule has 0 spiro atoms. The number of benzene rings is 1. The second-order valence-corrected chi connectivity index (χ2v) is 8.43. The second kappa shape index (κ2) is 6.92. The highest BCUT2D eigenvalue weighted by Gasteiger charge is 2.34. The summed E-state index contributed by atoms with van der Waals surface area (Å²) in [5, 5.41) is 2.11. The predicted molar refractivity (Wildman–Crippen MR) is 98.3 cm³/mol. The molecule has 0 unspecified atom stereocenters. The van der Waals surface area contributed by atoms with Crippen LogP contribution in [0.3, 0.4) is 0 Å². The van der Waals surface area contributed by atoms with Gasteiger partial charge in [0.05, 0.1) is 9.80 Å². The van der Waals surface area contributed by atoms with Crippen molar-refractivity contribution in [3.8, 4) is 0 Å². The molecule has 5 nitrogen and oxygen atoms in total. The summed E-state index contributed by atoms with van der Waals surface area (Å²) in [6.45, 7) is 2.15. The molecule has 1 fully saturated rings. The number of hydrogen-bond acceptors (Lipinski definition) is 5. The third kappa shape index (κ3) is 3.45. The van der Waals surface area contributed by atoms with Gasteiger partial charge in [-0.1, -0.05) is 24.3 Å². The van der Waals surface area contributed by atoms with Gasteiger partial charge in [-0.05, 0) is 48.3 Å². The number of sulfonamides is 1. The Hall–Kier alpha value is -1.90. The van der Waals surface area contributed by atoms with Crippen LogP contribution < -0.4 is 0 Å². The van der Waals surface area contributed by atoms with Crippen molar-refractivity contribution < 1.29 is 13.2 Å². The first kappa shape index (κ1) is 16.9. The van der Waals surface area contributed by atoms with Crippen molar-refractivity contribution in [3.63, 3.8) is 0 Å². The predicted octanol–water partition coefficient (Wildman–Crippen LogP) is 3.43. The lowest BCUT2D eigenvalue weighted by atomic mass is 10.4. The van der Waals surface area contributed by atoms with Crippen molar-refractivity contribution in [2.45, 2.75) is 11.8 Å². The normalized spacial score (nSPS) is 18.7. The van der Waals surface area contributed by atoms with Crippen LogP contribution in [0.25, 0.3) is 6.08 Å². The van der Waals surface area contributed by atoms with E-state index in [0.717, 1.165) is 16.6 Å². The summed E-state index contributed by atoms with van der Waals surface area (Å²) in [5.41, 5.74) is 0. The van der Waals surface area contributed by atoms with Crippen molar-refractivity contribution in [3.05, 3.63) is 57.6 Å². The molecule has 0 saturated carbocycles. The summed E-state index contributed by atoms with van der Waals surface area (Å²) in [6, 6.07) is 11.8. The van der Waals surface area contributed by atoms with Crippen molar-refractivity contribution in [1.82, 2.24) is 4.90 Å². The smallest absolute Gasteiger partial charge is 0.284 e. The quantitative estimate of drug-likeness (QED) is 0.765. The zero-order valence-corrected chi connectivity index (χ0v) is 15.2. The van der Waals surface area contributed by atoms with Crippen LogP contribution in [0.5, 0.6) is 0 Å². The molecule has 2 heterocycles. The maximum atomic E-state index is 12.5. The van der Waals surface area contributed by atoms with Crippen LogP contribution in [-0.4, -0.2) is 30.9 Å². The van der Waals surface area contributed by atoms with Gasteiger partial charge in [0.25, 0.3) is 15.9 Å². The summed E-state index contributed by atoms with van der Waals surface area (Å²) in [4.78, 5) is 15.4. The zero-order chi connectivity index (χ0) is 17.2. The number of amidine groups is 1. The molecule has 0 N–H and O–H groups in total. The second-order valence-electron chi connectivity index (χ2n) is 4.84. The molecule has 0 atom stereocenters. The lowest BCUT2D eigenvalue weighted by Gasteiger charge is -2.11. The molecule has 1 aromatic heterocycles. The fourth-order valence-electron chi connectivity index (χ4n) is 2.11. The number of thiophene rings is 1. The lowest BCUT2D eigenvalue weighted by Crippen LogP contribution is -2.29. The number of amides is 1. The number of carbonyl (C=O) groups is 1. The van der Waals surface area contributed by atoms with E-state index in [9.17, 15) is 13.2 Å². The topological polar surface area (TPSA) is 66.8 Å². The molecule has 24 heavy (non-hydrogen) atoms. The Morgan fingerprint density at radius 1 is 1.17 bits per heavy atom. The van der Waals surface area contributed by atoms with Crippen molar-refractivity contribution in [2.24, 2.45) is 4.40 Å². The third-order valence-electron chi connectivity index (χ3n) is 3.26. The van der Waals surface area contributed by atoms with Crippen LogP contribution in [0.15, 0.2) is 62.0 Å². The maximum Gasteiger partial charge on any atom is 0.284 e. The van der Waals surface area contributed by atoms with Crippen LogP contribution in [0.2, 0.25) is 0 Å². The summed E-state index contributed by atoms with van der Waals surface area (Å²) >= 11 is 2.60. The van der Waals surface area contributed by atoms with E-state index in [2.05, 4.69) is 4.40 Å². The Balaban J connectivity index is 1.97. The minimum atomic E-state index is -3.85. The van der Waals surface area contributed by atoms with Gasteiger partial charge in [-0.3, -0.25) is 9.69 Å². The van der Waals surface area contributed by atoms with Crippen LogP contribution in [-0.2, 0) is 14.8 Å². The minimum absolute atomic E-state index is 0.109. The van der Waals surface area contributed by atoms with Gasteiger partial charge in [0.1, 0.15) is 0 Å². The van der Waals surface area contributed by atoms with E-state index in [4.69, 9.17) is 0 Å². The average molecular weight is 379 g/mol. The van der Waals surface area contributed by atoms with E-state index >= 15 is 0 Å². The monoisotopic (exact) mass is 378 g/mol. The first-order valence-corrected chi connectivity index (χ1v) is 10.3. The third-order valence-corrected chi connectivity index (χ3v) is 6.48. The molecule has 1 aromatic carbocycles. The van der Waals surface area contributed by atoms with Gasteiger partial charge < -0.3 is 0 Å². The zero-order valence-electron chi connectivity index (χ0n) is 12.7. The van der Waals surface area contributed by atoms with Crippen LogP contribution >= 0.6 is 23.1 Å². The Kier molecular flexibility index (Phi) is 4.88. The van der Waals surface area contributed by atoms with Crippen LogP contribution in [0, 0.1) is 0 Å². The largest absolute Gasteiger partial charge is 0.286 e. The number of thioether (sulfide) groups is 1. The summed E-state index contributed by atoms with van der Waals surface area (Å²) in [6.07, 6.45) is 1.76. The molecule has 3 rings (SSSR count). The maximum absolute atomic E-state index is 12.5. The molecule has 8 heteroatoms. The van der Waals surface area contributed by atoms with Gasteiger partial charge in [-0.2, -0.15) is 8.42 Å². The SMILES string of the molecule is CCN1C(=O)/C(=C/c2cccs2)S/C1=N/S(=O)(=O)c1ccccc1. The molecule has 0 aliphatic carbocycles. The van der Waals surface area contributed by atoms with Crippen LogP contribution in [0.4, 0.5) is 0 Å². The van der Waals surface area contributed by atoms with Gasteiger partial charge in [-0.15, -0.1) is 15.7 Å². The first-order valence-electron chi connectivity index (χ1n) is 7.16. The van der Waals surface area contributed by atoms with E-state index in [1.807, 2.05) is 17.5 Å². The van der Waals surface area contributed by atoms with Crippen LogP contribution in [0.1, 0.15) is 11.8 Å². The Morgan fingerprint density at radius 3 is 2.54 bits per heavy atom. The van der Waals surface area contributed by atoms with Crippen molar-refractivity contribution >= 4 is 50.3 Å². The fourth-order valence-corrected chi connectivity index (χ4v) is 5.09. The standard InChI is InChI=1S/C16H14N2O3S3/c1-2-18-15(19)14(11-12-7-6-10-22-12)23-16(18)17-24(20,21)13-8-4-3-5-9-13/h3-11H,2H2,1H3/b14-11-,17-16+. The van der Waals surface area contributed by atoms with Crippen molar-refractivity contribution in [1.29, 1.82) is 0 Å². The molecule has 1 amide bonds. The van der Waals surface area contributed by atoms with E-state index in [1.165, 1.54) is 28.4 Å². The number of nitrogens with zero attached hydrogens (tertiary/aromatic N) is 2. The minimum Gasteiger partial charge on any atom is -0.286 e. The molecule has 124 valence electrons. The van der Waals surface area contributed by atoms with Gasteiger partial charge in [0.15, 0.2) is 5.17 Å². The molecular weight excluding hydrogens is 364 g/mol. The number of carbonyl (C=O) groups excluding carboxylic acids is 1. The Bertz CT molecular complexity index is 901. The highest BCUT2D eigenvalue weighted by atomic mass is 32.2. The first-order chi connectivity index (χ1) is 11.5. The van der Waals surface area contributed by atoms with E-state index in [1.54, 1.807) is 31.2 Å². The van der Waals surface area contributed by atoms with E-state index in [0.29, 0.717) is 11.4 Å². The summed E-state index contributed by atoms with van der Waals surface area (Å²) in [7, 11) is -3.85. The van der Waals surface area contributed by atoms with Gasteiger partial charge in [-0.25, -0.2) is 0 Å².